The fourth-order valence-corrected chi connectivity index (χ4v) is 1.61. The van der Waals surface area contributed by atoms with E-state index in [1.807, 2.05) is 18.2 Å². The summed E-state index contributed by atoms with van der Waals surface area (Å²) in [4.78, 5) is 8.58. The second-order valence-corrected chi connectivity index (χ2v) is 4.53. The van der Waals surface area contributed by atoms with Gasteiger partial charge < -0.3 is 10.6 Å². The lowest BCUT2D eigenvalue weighted by atomic mass is 10.2. The molecule has 1 aromatic carbocycles. The number of hydrogen-bond donors (Lipinski definition) is 2. The Labute approximate surface area is 118 Å². The molecule has 0 fully saturated rings. The fraction of sp³-hybridized carbons (Fsp3) is 0.267. The highest BCUT2D eigenvalue weighted by molar-refractivity contribution is 5.56. The maximum atomic E-state index is 8.76. The minimum atomic E-state index is 0.368. The Balaban J connectivity index is 2.09. The molecule has 5 heteroatoms. The summed E-state index contributed by atoms with van der Waals surface area (Å²) in [7, 11) is 0. The average Bonchev–Trinajstić information content (AvgIpc) is 2.48. The van der Waals surface area contributed by atoms with E-state index in [-0.39, 0.29) is 0 Å². The van der Waals surface area contributed by atoms with E-state index >= 15 is 0 Å². The zero-order valence-electron chi connectivity index (χ0n) is 11.6. The summed E-state index contributed by atoms with van der Waals surface area (Å²) in [6.45, 7) is 4.23. The molecule has 20 heavy (non-hydrogen) atoms. The van der Waals surface area contributed by atoms with Crippen LogP contribution in [0.15, 0.2) is 36.5 Å². The van der Waals surface area contributed by atoms with Gasteiger partial charge in [0, 0.05) is 17.9 Å². The van der Waals surface area contributed by atoms with E-state index in [1.54, 1.807) is 18.3 Å². The van der Waals surface area contributed by atoms with Gasteiger partial charge in [0.05, 0.1) is 11.6 Å². The van der Waals surface area contributed by atoms with Gasteiger partial charge in [0.15, 0.2) is 0 Å². The highest BCUT2D eigenvalue weighted by Gasteiger charge is 2.03. The smallest absolute Gasteiger partial charge is 0.229 e. The van der Waals surface area contributed by atoms with E-state index in [4.69, 9.17) is 5.26 Å². The van der Waals surface area contributed by atoms with Crippen molar-refractivity contribution in [2.24, 2.45) is 0 Å². The Morgan fingerprint density at radius 1 is 1.25 bits per heavy atom. The molecule has 0 aliphatic carbocycles. The van der Waals surface area contributed by atoms with Crippen LogP contribution in [0.3, 0.4) is 0 Å². The Bertz CT molecular complexity index is 600. The molecule has 0 aliphatic rings. The monoisotopic (exact) mass is 267 g/mol. The number of nitriles is 1. The summed E-state index contributed by atoms with van der Waals surface area (Å²) in [6, 6.07) is 11.5. The summed E-state index contributed by atoms with van der Waals surface area (Å²) in [5.41, 5.74) is 1.48. The van der Waals surface area contributed by atoms with E-state index in [0.29, 0.717) is 17.6 Å². The van der Waals surface area contributed by atoms with Crippen LogP contribution < -0.4 is 10.6 Å². The number of anilines is 3. The normalized spacial score (nSPS) is 11.4. The van der Waals surface area contributed by atoms with Gasteiger partial charge in [0.25, 0.3) is 0 Å². The van der Waals surface area contributed by atoms with Crippen molar-refractivity contribution in [2.45, 2.75) is 26.3 Å². The Kier molecular flexibility index (Phi) is 4.51. The van der Waals surface area contributed by atoms with Crippen molar-refractivity contribution in [3.8, 4) is 6.07 Å². The van der Waals surface area contributed by atoms with Gasteiger partial charge in [0.1, 0.15) is 5.82 Å². The number of nitrogens with zero attached hydrogens (tertiary/aromatic N) is 3. The van der Waals surface area contributed by atoms with E-state index in [2.05, 4.69) is 40.5 Å². The van der Waals surface area contributed by atoms with Gasteiger partial charge in [0.2, 0.25) is 5.95 Å². The first-order valence-electron chi connectivity index (χ1n) is 6.58. The van der Waals surface area contributed by atoms with Crippen molar-refractivity contribution in [3.05, 3.63) is 42.1 Å². The maximum absolute atomic E-state index is 8.76. The molecule has 1 heterocycles. The highest BCUT2D eigenvalue weighted by atomic mass is 15.1. The molecule has 1 aromatic heterocycles. The van der Waals surface area contributed by atoms with Gasteiger partial charge in [-0.2, -0.15) is 10.2 Å². The van der Waals surface area contributed by atoms with Crippen LogP contribution in [-0.4, -0.2) is 16.0 Å². The van der Waals surface area contributed by atoms with Gasteiger partial charge in [-0.1, -0.05) is 6.92 Å². The van der Waals surface area contributed by atoms with Gasteiger partial charge in [-0.05, 0) is 43.7 Å². The van der Waals surface area contributed by atoms with Crippen LogP contribution in [0.4, 0.5) is 17.5 Å². The first kappa shape index (κ1) is 13.8. The largest absolute Gasteiger partial charge is 0.367 e. The van der Waals surface area contributed by atoms with Crippen LogP contribution in [0.25, 0.3) is 0 Å². The van der Waals surface area contributed by atoms with Crippen molar-refractivity contribution in [3.63, 3.8) is 0 Å². The first-order valence-corrected chi connectivity index (χ1v) is 6.58. The van der Waals surface area contributed by atoms with Crippen molar-refractivity contribution < 1.29 is 0 Å². The Hall–Kier alpha value is -2.61. The third-order valence-corrected chi connectivity index (χ3v) is 2.93. The van der Waals surface area contributed by atoms with Crippen LogP contribution >= 0.6 is 0 Å². The maximum Gasteiger partial charge on any atom is 0.229 e. The predicted octanol–water partition coefficient (Wildman–Crippen LogP) is 3.30. The third-order valence-electron chi connectivity index (χ3n) is 2.93. The van der Waals surface area contributed by atoms with E-state index in [0.717, 1.165) is 17.9 Å². The lowest BCUT2D eigenvalue weighted by Gasteiger charge is -2.12. The van der Waals surface area contributed by atoms with Crippen LogP contribution in [0.2, 0.25) is 0 Å². The summed E-state index contributed by atoms with van der Waals surface area (Å²) in [5.74, 6) is 1.33. The molecule has 5 nitrogen and oxygen atoms in total. The molecule has 2 N–H and O–H groups in total. The van der Waals surface area contributed by atoms with Crippen molar-refractivity contribution in [1.82, 2.24) is 9.97 Å². The zero-order chi connectivity index (χ0) is 14.4. The molecular formula is C15H17N5. The van der Waals surface area contributed by atoms with Gasteiger partial charge in [-0.3, -0.25) is 0 Å². The van der Waals surface area contributed by atoms with Crippen molar-refractivity contribution in [2.75, 3.05) is 10.6 Å². The van der Waals surface area contributed by atoms with Gasteiger partial charge in [-0.15, -0.1) is 0 Å². The molecule has 2 rings (SSSR count). The number of rotatable bonds is 5. The van der Waals surface area contributed by atoms with E-state index in [1.165, 1.54) is 0 Å². The van der Waals surface area contributed by atoms with E-state index < -0.39 is 0 Å². The second-order valence-electron chi connectivity index (χ2n) is 4.53. The molecular weight excluding hydrogens is 250 g/mol. The van der Waals surface area contributed by atoms with E-state index in [9.17, 15) is 0 Å². The predicted molar refractivity (Wildman–Crippen MR) is 79.8 cm³/mol. The minimum Gasteiger partial charge on any atom is -0.367 e. The number of nitrogens with one attached hydrogen (secondary N) is 2. The molecule has 0 bridgehead atoms. The third kappa shape index (κ3) is 3.69. The fourth-order valence-electron chi connectivity index (χ4n) is 1.61. The summed E-state index contributed by atoms with van der Waals surface area (Å²) < 4.78 is 0. The Morgan fingerprint density at radius 3 is 2.65 bits per heavy atom. The molecule has 0 saturated heterocycles. The van der Waals surface area contributed by atoms with Crippen molar-refractivity contribution in [1.29, 1.82) is 5.26 Å². The summed E-state index contributed by atoms with van der Waals surface area (Å²) in [6.07, 6.45) is 2.74. The van der Waals surface area contributed by atoms with Gasteiger partial charge in [-0.25, -0.2) is 4.98 Å². The Morgan fingerprint density at radius 2 is 2.00 bits per heavy atom. The number of benzene rings is 1. The first-order chi connectivity index (χ1) is 9.71. The molecule has 102 valence electrons. The molecule has 1 atom stereocenters. The quantitative estimate of drug-likeness (QED) is 0.869. The standard InChI is InChI=1S/C15H17N5/c1-3-11(2)18-14-8-9-17-15(20-14)19-13-6-4-12(10-16)5-7-13/h4-9,11H,3H2,1-2H3,(H2,17,18,19,20). The molecule has 0 amide bonds. The topological polar surface area (TPSA) is 73.6 Å². The zero-order valence-corrected chi connectivity index (χ0v) is 11.6. The molecule has 0 radical (unpaired) electrons. The summed E-state index contributed by atoms with van der Waals surface area (Å²) in [5, 5.41) is 15.2. The molecule has 0 aliphatic heterocycles. The number of aromatic nitrogens is 2. The van der Waals surface area contributed by atoms with Crippen LogP contribution in [0.1, 0.15) is 25.8 Å². The molecule has 2 aromatic rings. The lowest BCUT2D eigenvalue weighted by Crippen LogP contribution is -2.14. The molecule has 0 saturated carbocycles. The van der Waals surface area contributed by atoms with Crippen molar-refractivity contribution >= 4 is 17.5 Å². The van der Waals surface area contributed by atoms with Crippen LogP contribution in [0.5, 0.6) is 0 Å². The average molecular weight is 267 g/mol. The molecule has 0 spiro atoms. The minimum absolute atomic E-state index is 0.368. The molecule has 1 unspecified atom stereocenters. The number of hydrogen-bond acceptors (Lipinski definition) is 5. The van der Waals surface area contributed by atoms with Crippen LogP contribution in [-0.2, 0) is 0 Å². The van der Waals surface area contributed by atoms with Gasteiger partial charge >= 0.3 is 0 Å². The van der Waals surface area contributed by atoms with Crippen LogP contribution in [0, 0.1) is 11.3 Å². The highest BCUT2D eigenvalue weighted by Crippen LogP contribution is 2.15. The summed E-state index contributed by atoms with van der Waals surface area (Å²) >= 11 is 0. The SMILES string of the molecule is CCC(C)Nc1ccnc(Nc2ccc(C#N)cc2)n1. The lowest BCUT2D eigenvalue weighted by molar-refractivity contribution is 0.758. The second kappa shape index (κ2) is 6.53.